The standard InChI is InChI=1S/C22H21ClN2O4/c1-4-28-21(26)14-6-8-16(9-7-14)25-20-17-11-15(23)10-13(3)19(17)24-12-18(20)22(27)29-5-2/h6-12H,4-5H2,1-3H3,(H,24,25). The van der Waals surface area contributed by atoms with Crippen LogP contribution in [0, 0.1) is 6.92 Å². The molecular weight excluding hydrogens is 392 g/mol. The number of hydrogen-bond acceptors (Lipinski definition) is 6. The van der Waals surface area contributed by atoms with Crippen molar-refractivity contribution in [3.63, 3.8) is 0 Å². The quantitative estimate of drug-likeness (QED) is 0.554. The molecule has 0 fully saturated rings. The van der Waals surface area contributed by atoms with E-state index < -0.39 is 5.97 Å². The minimum absolute atomic E-state index is 0.249. The fraction of sp³-hybridized carbons (Fsp3) is 0.227. The zero-order valence-electron chi connectivity index (χ0n) is 16.4. The summed E-state index contributed by atoms with van der Waals surface area (Å²) in [4.78, 5) is 28.8. The summed E-state index contributed by atoms with van der Waals surface area (Å²) in [6, 6.07) is 10.4. The molecule has 0 spiro atoms. The van der Waals surface area contributed by atoms with Gasteiger partial charge in [-0.2, -0.15) is 0 Å². The molecule has 0 unspecified atom stereocenters. The average molecular weight is 413 g/mol. The lowest BCUT2D eigenvalue weighted by Crippen LogP contribution is -2.10. The van der Waals surface area contributed by atoms with E-state index in [4.69, 9.17) is 21.1 Å². The van der Waals surface area contributed by atoms with Crippen LogP contribution in [0.15, 0.2) is 42.6 Å². The van der Waals surface area contributed by atoms with Gasteiger partial charge in [-0.3, -0.25) is 4.98 Å². The predicted octanol–water partition coefficient (Wildman–Crippen LogP) is 5.29. The number of nitrogens with zero attached hydrogens (tertiary/aromatic N) is 1. The maximum absolute atomic E-state index is 12.5. The van der Waals surface area contributed by atoms with Crippen molar-refractivity contribution in [3.05, 3.63) is 64.3 Å². The van der Waals surface area contributed by atoms with E-state index in [-0.39, 0.29) is 12.6 Å². The minimum Gasteiger partial charge on any atom is -0.462 e. The lowest BCUT2D eigenvalue weighted by atomic mass is 10.1. The van der Waals surface area contributed by atoms with Gasteiger partial charge in [-0.25, -0.2) is 9.59 Å². The fourth-order valence-electron chi connectivity index (χ4n) is 2.98. The van der Waals surface area contributed by atoms with E-state index in [1.165, 1.54) is 6.20 Å². The molecule has 0 bridgehead atoms. The number of aryl methyl sites for hydroxylation is 1. The first-order valence-electron chi connectivity index (χ1n) is 9.24. The van der Waals surface area contributed by atoms with Crippen LogP contribution in [-0.2, 0) is 9.47 Å². The van der Waals surface area contributed by atoms with Gasteiger partial charge in [0, 0.05) is 22.3 Å². The molecule has 1 heterocycles. The molecule has 0 radical (unpaired) electrons. The summed E-state index contributed by atoms with van der Waals surface area (Å²) in [5.41, 5.74) is 3.60. The van der Waals surface area contributed by atoms with Crippen molar-refractivity contribution in [2.75, 3.05) is 18.5 Å². The van der Waals surface area contributed by atoms with Crippen LogP contribution in [0.4, 0.5) is 11.4 Å². The number of anilines is 2. The number of carbonyl (C=O) groups excluding carboxylic acids is 2. The molecule has 0 atom stereocenters. The molecule has 7 heteroatoms. The van der Waals surface area contributed by atoms with Crippen molar-refractivity contribution in [1.29, 1.82) is 0 Å². The largest absolute Gasteiger partial charge is 0.462 e. The van der Waals surface area contributed by atoms with Crippen LogP contribution in [0.25, 0.3) is 10.9 Å². The number of benzene rings is 2. The Bertz CT molecular complexity index is 1060. The van der Waals surface area contributed by atoms with Crippen LogP contribution in [-0.4, -0.2) is 30.1 Å². The van der Waals surface area contributed by atoms with Gasteiger partial charge >= 0.3 is 11.9 Å². The number of nitrogens with one attached hydrogen (secondary N) is 1. The number of esters is 2. The van der Waals surface area contributed by atoms with Gasteiger partial charge in [0.25, 0.3) is 0 Å². The summed E-state index contributed by atoms with van der Waals surface area (Å²) in [7, 11) is 0. The van der Waals surface area contributed by atoms with E-state index in [1.54, 1.807) is 44.2 Å². The van der Waals surface area contributed by atoms with E-state index in [0.717, 1.165) is 11.1 Å². The number of fused-ring (bicyclic) bond motifs is 1. The molecule has 1 N–H and O–H groups in total. The molecule has 2 aromatic carbocycles. The highest BCUT2D eigenvalue weighted by atomic mass is 35.5. The van der Waals surface area contributed by atoms with E-state index in [1.807, 2.05) is 13.0 Å². The molecule has 0 aliphatic carbocycles. The maximum Gasteiger partial charge on any atom is 0.341 e. The van der Waals surface area contributed by atoms with Crippen LogP contribution in [0.3, 0.4) is 0 Å². The first-order valence-corrected chi connectivity index (χ1v) is 9.62. The highest BCUT2D eigenvalue weighted by Crippen LogP contribution is 2.33. The second-order valence-corrected chi connectivity index (χ2v) is 6.75. The average Bonchev–Trinajstić information content (AvgIpc) is 2.69. The number of rotatable bonds is 6. The number of ether oxygens (including phenoxy) is 2. The van der Waals surface area contributed by atoms with Crippen LogP contribution in [0.2, 0.25) is 5.02 Å². The maximum atomic E-state index is 12.5. The zero-order valence-corrected chi connectivity index (χ0v) is 17.2. The Morgan fingerprint density at radius 3 is 2.34 bits per heavy atom. The summed E-state index contributed by atoms with van der Waals surface area (Å²) < 4.78 is 10.2. The van der Waals surface area contributed by atoms with Gasteiger partial charge in [-0.05, 0) is 62.7 Å². The van der Waals surface area contributed by atoms with E-state index in [0.29, 0.717) is 39.5 Å². The first-order chi connectivity index (χ1) is 13.9. The summed E-state index contributed by atoms with van der Waals surface area (Å²) in [6.45, 7) is 5.97. The molecule has 0 saturated heterocycles. The molecule has 1 aromatic heterocycles. The Balaban J connectivity index is 2.07. The van der Waals surface area contributed by atoms with Crippen LogP contribution in [0.1, 0.15) is 40.1 Å². The number of carbonyl (C=O) groups is 2. The van der Waals surface area contributed by atoms with Gasteiger partial charge in [-0.1, -0.05) is 11.6 Å². The van der Waals surface area contributed by atoms with E-state index in [2.05, 4.69) is 10.3 Å². The van der Waals surface area contributed by atoms with Gasteiger partial charge in [0.15, 0.2) is 0 Å². The Kier molecular flexibility index (Phi) is 6.34. The van der Waals surface area contributed by atoms with Crippen LogP contribution in [0.5, 0.6) is 0 Å². The molecule has 0 aliphatic rings. The Hall–Kier alpha value is -3.12. The normalized spacial score (nSPS) is 10.6. The molecule has 0 aliphatic heterocycles. The van der Waals surface area contributed by atoms with Gasteiger partial charge < -0.3 is 14.8 Å². The fourth-order valence-corrected chi connectivity index (χ4v) is 3.26. The Morgan fingerprint density at radius 1 is 1.03 bits per heavy atom. The summed E-state index contributed by atoms with van der Waals surface area (Å²) in [6.07, 6.45) is 1.50. The second-order valence-electron chi connectivity index (χ2n) is 6.31. The van der Waals surface area contributed by atoms with Crippen molar-refractivity contribution in [2.45, 2.75) is 20.8 Å². The van der Waals surface area contributed by atoms with Crippen molar-refractivity contribution in [3.8, 4) is 0 Å². The molecular formula is C22H21ClN2O4. The van der Waals surface area contributed by atoms with Crippen LogP contribution < -0.4 is 5.32 Å². The third-order valence-electron chi connectivity index (χ3n) is 4.29. The van der Waals surface area contributed by atoms with Gasteiger partial charge in [0.2, 0.25) is 0 Å². The summed E-state index contributed by atoms with van der Waals surface area (Å²) >= 11 is 6.25. The number of hydrogen-bond donors (Lipinski definition) is 1. The smallest absolute Gasteiger partial charge is 0.341 e. The lowest BCUT2D eigenvalue weighted by Gasteiger charge is -2.15. The van der Waals surface area contributed by atoms with Crippen LogP contribution >= 0.6 is 11.6 Å². The van der Waals surface area contributed by atoms with Crippen molar-refractivity contribution in [2.24, 2.45) is 0 Å². The molecule has 29 heavy (non-hydrogen) atoms. The van der Waals surface area contributed by atoms with E-state index in [9.17, 15) is 9.59 Å². The molecule has 3 rings (SSSR count). The second kappa shape index (κ2) is 8.92. The number of aromatic nitrogens is 1. The number of halogens is 1. The molecule has 0 saturated carbocycles. The van der Waals surface area contributed by atoms with Gasteiger partial charge in [0.1, 0.15) is 5.56 Å². The van der Waals surface area contributed by atoms with Crippen molar-refractivity contribution in [1.82, 2.24) is 4.98 Å². The minimum atomic E-state index is -0.481. The Morgan fingerprint density at radius 2 is 1.69 bits per heavy atom. The third kappa shape index (κ3) is 4.49. The molecule has 150 valence electrons. The topological polar surface area (TPSA) is 77.5 Å². The summed E-state index contributed by atoms with van der Waals surface area (Å²) in [5, 5.41) is 4.50. The zero-order chi connectivity index (χ0) is 21.0. The molecule has 0 amide bonds. The number of pyridine rings is 1. The van der Waals surface area contributed by atoms with Crippen molar-refractivity contribution < 1.29 is 19.1 Å². The first kappa shape index (κ1) is 20.6. The van der Waals surface area contributed by atoms with Gasteiger partial charge in [-0.15, -0.1) is 0 Å². The van der Waals surface area contributed by atoms with E-state index >= 15 is 0 Å². The monoisotopic (exact) mass is 412 g/mol. The van der Waals surface area contributed by atoms with Gasteiger partial charge in [0.05, 0.1) is 30.0 Å². The third-order valence-corrected chi connectivity index (χ3v) is 4.51. The highest BCUT2D eigenvalue weighted by molar-refractivity contribution is 6.31. The predicted molar refractivity (Wildman–Crippen MR) is 113 cm³/mol. The Labute approximate surface area is 173 Å². The lowest BCUT2D eigenvalue weighted by molar-refractivity contribution is 0.0517. The summed E-state index contributed by atoms with van der Waals surface area (Å²) in [5.74, 6) is -0.867. The van der Waals surface area contributed by atoms with Crippen molar-refractivity contribution >= 4 is 45.8 Å². The SMILES string of the molecule is CCOC(=O)c1ccc(Nc2c(C(=O)OCC)cnc3c(C)cc(Cl)cc23)cc1. The molecule has 6 nitrogen and oxygen atoms in total. The highest BCUT2D eigenvalue weighted by Gasteiger charge is 2.18. The molecule has 3 aromatic rings.